The lowest BCUT2D eigenvalue weighted by molar-refractivity contribution is 0.0700. The van der Waals surface area contributed by atoms with Gasteiger partial charge >= 0.3 is 5.97 Å². The Kier molecular flexibility index (Phi) is 7.58. The Morgan fingerprint density at radius 2 is 1.82 bits per heavy atom. The van der Waals surface area contributed by atoms with E-state index in [2.05, 4.69) is 31.4 Å². The number of halogens is 4. The number of benzene rings is 3. The molecule has 5 rings (SSSR count). The van der Waals surface area contributed by atoms with Crippen LogP contribution in [0.2, 0.25) is 15.1 Å². The van der Waals surface area contributed by atoms with E-state index in [1.165, 1.54) is 18.5 Å². The fraction of sp³-hybridized carbons (Fsp3) is 0. The highest BCUT2D eigenvalue weighted by Crippen LogP contribution is 2.40. The normalized spacial score (nSPS) is 11.3. The molecule has 190 valence electrons. The molecule has 2 aromatic heterocycles. The first-order chi connectivity index (χ1) is 18.3. The topological polar surface area (TPSA) is 96.7 Å². The van der Waals surface area contributed by atoms with Gasteiger partial charge in [0.15, 0.2) is 0 Å². The number of fused-ring (bicyclic) bond motifs is 1. The number of carbonyl (C=O) groups is 2. The number of nitrogens with one attached hydrogen (secondary N) is 2. The summed E-state index contributed by atoms with van der Waals surface area (Å²) in [5.74, 6) is -0.956. The summed E-state index contributed by atoms with van der Waals surface area (Å²) >= 11 is 22.5. The molecule has 7 nitrogen and oxygen atoms in total. The number of rotatable bonds is 6. The summed E-state index contributed by atoms with van der Waals surface area (Å²) in [6.45, 7) is 0. The zero-order chi connectivity index (χ0) is 26.8. The van der Waals surface area contributed by atoms with Crippen molar-refractivity contribution in [1.82, 2.24) is 10.4 Å². The molecule has 0 atom stereocenters. The number of aromatic nitrogens is 1. The van der Waals surface area contributed by atoms with Gasteiger partial charge in [0.05, 0.1) is 23.0 Å². The van der Waals surface area contributed by atoms with E-state index in [0.29, 0.717) is 47.1 Å². The van der Waals surface area contributed by atoms with E-state index in [4.69, 9.17) is 44.0 Å². The van der Waals surface area contributed by atoms with E-state index in [-0.39, 0.29) is 17.2 Å². The lowest BCUT2D eigenvalue weighted by Gasteiger charge is -2.08. The average molecular weight is 632 g/mol. The van der Waals surface area contributed by atoms with Gasteiger partial charge in [-0.15, -0.1) is 0 Å². The highest BCUT2D eigenvalue weighted by atomic mass is 79.9. The number of hydrogen-bond acceptors (Lipinski definition) is 5. The third-order valence-electron chi connectivity index (χ3n) is 5.46. The van der Waals surface area contributed by atoms with Crippen molar-refractivity contribution in [1.29, 1.82) is 0 Å². The van der Waals surface area contributed by atoms with Gasteiger partial charge in [-0.05, 0) is 48.5 Å². The van der Waals surface area contributed by atoms with Crippen molar-refractivity contribution < 1.29 is 18.7 Å². The number of furan rings is 1. The summed E-state index contributed by atoms with van der Waals surface area (Å²) in [4.78, 5) is 28.7. The highest BCUT2D eigenvalue weighted by molar-refractivity contribution is 9.10. The van der Waals surface area contributed by atoms with Crippen LogP contribution in [0.3, 0.4) is 0 Å². The lowest BCUT2D eigenvalue weighted by Crippen LogP contribution is -2.19. The van der Waals surface area contributed by atoms with Crippen LogP contribution < -0.4 is 10.2 Å². The number of esters is 1. The van der Waals surface area contributed by atoms with Crippen LogP contribution >= 0.6 is 50.7 Å². The first kappa shape index (κ1) is 26.1. The molecule has 3 aromatic carbocycles. The Bertz CT molecular complexity index is 1710. The molecule has 2 N–H and O–H groups in total. The molecule has 5 aromatic rings. The Morgan fingerprint density at radius 3 is 2.58 bits per heavy atom. The van der Waals surface area contributed by atoms with Gasteiger partial charge in [0, 0.05) is 36.6 Å². The van der Waals surface area contributed by atoms with Gasteiger partial charge in [-0.2, -0.15) is 5.10 Å². The van der Waals surface area contributed by atoms with Gasteiger partial charge in [-0.3, -0.25) is 4.79 Å². The fourth-order valence-electron chi connectivity index (χ4n) is 3.81. The standard InChI is InChI=1S/C27H15BrCl3N3O4/c28-15-7-8-21(38-27(36)22-6-3-9-37-22)14(10-15)13-32-34-26(35)25-23(17-4-1-2-5-19(17)30)18-11-16(29)12-20(31)24(18)33-25/h1-13,33H,(H,34,35). The Morgan fingerprint density at radius 1 is 1.00 bits per heavy atom. The molecule has 0 aliphatic heterocycles. The van der Waals surface area contributed by atoms with Gasteiger partial charge in [-0.1, -0.05) is 68.9 Å². The number of aromatic amines is 1. The molecule has 1 amide bonds. The largest absolute Gasteiger partial charge is 0.457 e. The Labute approximate surface area is 239 Å². The predicted molar refractivity (Wildman–Crippen MR) is 152 cm³/mol. The molecular formula is C27H15BrCl3N3O4. The summed E-state index contributed by atoms with van der Waals surface area (Å²) < 4.78 is 11.2. The van der Waals surface area contributed by atoms with E-state index >= 15 is 0 Å². The molecule has 2 heterocycles. The van der Waals surface area contributed by atoms with E-state index in [9.17, 15) is 9.59 Å². The number of nitrogens with zero attached hydrogens (tertiary/aromatic N) is 1. The molecule has 0 unspecified atom stereocenters. The highest BCUT2D eigenvalue weighted by Gasteiger charge is 2.22. The van der Waals surface area contributed by atoms with Gasteiger partial charge in [0.1, 0.15) is 11.4 Å². The van der Waals surface area contributed by atoms with Crippen molar-refractivity contribution >= 4 is 79.7 Å². The van der Waals surface area contributed by atoms with E-state index in [0.717, 1.165) is 0 Å². The molecule has 0 saturated carbocycles. The molecule has 0 spiro atoms. The molecule has 0 aliphatic carbocycles. The molecule has 38 heavy (non-hydrogen) atoms. The number of ether oxygens (including phenoxy) is 1. The number of H-pyrrole nitrogens is 1. The maximum atomic E-state index is 13.3. The number of hydrogen-bond donors (Lipinski definition) is 2. The van der Waals surface area contributed by atoms with Crippen molar-refractivity contribution in [3.63, 3.8) is 0 Å². The van der Waals surface area contributed by atoms with Crippen molar-refractivity contribution in [2.24, 2.45) is 5.10 Å². The van der Waals surface area contributed by atoms with Crippen LogP contribution in [0.4, 0.5) is 0 Å². The lowest BCUT2D eigenvalue weighted by atomic mass is 10.0. The second-order valence-electron chi connectivity index (χ2n) is 7.91. The molecule has 0 aliphatic rings. The molecule has 0 fully saturated rings. The smallest absolute Gasteiger partial charge is 0.379 e. The zero-order valence-electron chi connectivity index (χ0n) is 19.1. The van der Waals surface area contributed by atoms with Crippen molar-refractivity contribution in [3.05, 3.63) is 110 Å². The van der Waals surface area contributed by atoms with E-state index in [1.807, 2.05) is 6.07 Å². The van der Waals surface area contributed by atoms with Crippen LogP contribution in [0.5, 0.6) is 5.75 Å². The van der Waals surface area contributed by atoms with Crippen LogP contribution in [0.25, 0.3) is 22.0 Å². The first-order valence-electron chi connectivity index (χ1n) is 11.0. The summed E-state index contributed by atoms with van der Waals surface area (Å²) in [7, 11) is 0. The summed E-state index contributed by atoms with van der Waals surface area (Å²) in [5.41, 5.74) is 4.79. The minimum Gasteiger partial charge on any atom is -0.457 e. The van der Waals surface area contributed by atoms with Gasteiger partial charge < -0.3 is 14.1 Å². The third kappa shape index (κ3) is 5.35. The van der Waals surface area contributed by atoms with Crippen LogP contribution in [0.15, 0.2) is 87.0 Å². The second-order valence-corrected chi connectivity index (χ2v) is 10.1. The van der Waals surface area contributed by atoms with E-state index in [1.54, 1.807) is 54.6 Å². The molecule has 0 radical (unpaired) electrons. The quantitative estimate of drug-likeness (QED) is 0.0856. The minimum absolute atomic E-state index is 0.0498. The van der Waals surface area contributed by atoms with Crippen LogP contribution in [-0.4, -0.2) is 23.1 Å². The van der Waals surface area contributed by atoms with Gasteiger partial charge in [0.25, 0.3) is 5.91 Å². The number of carbonyl (C=O) groups excluding carboxylic acids is 2. The summed E-state index contributed by atoms with van der Waals surface area (Å²) in [6, 6.07) is 18.5. The first-order valence-corrected chi connectivity index (χ1v) is 12.9. The van der Waals surface area contributed by atoms with Gasteiger partial charge in [0.2, 0.25) is 5.76 Å². The van der Waals surface area contributed by atoms with Crippen LogP contribution in [-0.2, 0) is 0 Å². The molecule has 11 heteroatoms. The summed E-state index contributed by atoms with van der Waals surface area (Å²) in [6.07, 6.45) is 2.73. The van der Waals surface area contributed by atoms with Crippen molar-refractivity contribution in [2.75, 3.05) is 0 Å². The second kappa shape index (κ2) is 11.0. The monoisotopic (exact) mass is 629 g/mol. The van der Waals surface area contributed by atoms with Gasteiger partial charge in [-0.25, -0.2) is 10.2 Å². The SMILES string of the molecule is O=C(Oc1ccc(Br)cc1C=NNC(=O)c1[nH]c2c(Cl)cc(Cl)cc2c1-c1ccccc1Cl)c1ccco1. The Balaban J connectivity index is 1.47. The average Bonchev–Trinajstić information content (AvgIpc) is 3.55. The molecule has 0 bridgehead atoms. The maximum absolute atomic E-state index is 13.3. The maximum Gasteiger partial charge on any atom is 0.379 e. The number of hydrazone groups is 1. The fourth-order valence-corrected chi connectivity index (χ4v) is 4.96. The Hall–Kier alpha value is -3.56. The van der Waals surface area contributed by atoms with Crippen molar-refractivity contribution in [3.8, 4) is 16.9 Å². The van der Waals surface area contributed by atoms with Crippen LogP contribution in [0.1, 0.15) is 26.6 Å². The molecule has 0 saturated heterocycles. The minimum atomic E-state index is -0.672. The number of amides is 1. The van der Waals surface area contributed by atoms with Crippen LogP contribution in [0, 0.1) is 0 Å². The molecular weight excluding hydrogens is 617 g/mol. The third-order valence-corrected chi connectivity index (χ3v) is 6.80. The zero-order valence-corrected chi connectivity index (χ0v) is 23.0. The van der Waals surface area contributed by atoms with Crippen molar-refractivity contribution in [2.45, 2.75) is 0 Å². The van der Waals surface area contributed by atoms with E-state index < -0.39 is 11.9 Å². The predicted octanol–water partition coefficient (Wildman–Crippen LogP) is 8.13. The summed E-state index contributed by atoms with van der Waals surface area (Å²) in [5, 5.41) is 5.91.